The number of benzene rings is 2. The van der Waals surface area contributed by atoms with E-state index in [1.165, 1.54) is 0 Å². The molecule has 5 heteroatoms. The predicted octanol–water partition coefficient (Wildman–Crippen LogP) is 3.55. The number of alkyl halides is 3. The number of hydrogen-bond donors (Lipinski definition) is 1. The van der Waals surface area contributed by atoms with E-state index in [-0.39, 0.29) is 6.54 Å². The van der Waals surface area contributed by atoms with Gasteiger partial charge in [0.1, 0.15) is 6.29 Å². The molecule has 0 amide bonds. The highest BCUT2D eigenvalue weighted by Gasteiger charge is 2.25. The monoisotopic (exact) mass is 317 g/mol. The summed E-state index contributed by atoms with van der Waals surface area (Å²) in [5.74, 6) is 5.93. The third-order valence-corrected chi connectivity index (χ3v) is 3.01. The number of rotatable bonds is 4. The minimum Gasteiger partial charge on any atom is -0.305 e. The number of halogens is 3. The molecule has 2 rings (SSSR count). The molecule has 2 aromatic carbocycles. The lowest BCUT2D eigenvalue weighted by molar-refractivity contribution is -0.125. The molecule has 0 aliphatic rings. The van der Waals surface area contributed by atoms with Crippen LogP contribution in [0, 0.1) is 11.8 Å². The summed E-state index contributed by atoms with van der Waals surface area (Å²) in [7, 11) is 0. The molecule has 0 aliphatic heterocycles. The van der Waals surface area contributed by atoms with Crippen molar-refractivity contribution < 1.29 is 18.0 Å². The maximum Gasteiger partial charge on any atom is 0.401 e. The average Bonchev–Trinajstić information content (AvgIpc) is 2.53. The van der Waals surface area contributed by atoms with E-state index < -0.39 is 12.7 Å². The molecule has 0 heterocycles. The van der Waals surface area contributed by atoms with Crippen molar-refractivity contribution in [1.82, 2.24) is 5.32 Å². The molecule has 0 unspecified atom stereocenters. The molecule has 2 nitrogen and oxygen atoms in total. The average molecular weight is 317 g/mol. The Hall–Kier alpha value is -2.58. The number of aldehydes is 1. The zero-order chi connectivity index (χ0) is 16.7. The second-order valence-electron chi connectivity index (χ2n) is 4.91. The van der Waals surface area contributed by atoms with Crippen molar-refractivity contribution in [3.63, 3.8) is 0 Å². The molecule has 0 spiro atoms. The molecule has 0 saturated heterocycles. The Morgan fingerprint density at radius 3 is 1.91 bits per heavy atom. The Morgan fingerprint density at radius 1 is 0.913 bits per heavy atom. The Kier molecular flexibility index (Phi) is 5.56. The lowest BCUT2D eigenvalue weighted by atomic mass is 10.1. The van der Waals surface area contributed by atoms with E-state index in [4.69, 9.17) is 0 Å². The first kappa shape index (κ1) is 16.8. The first-order valence-corrected chi connectivity index (χ1v) is 6.90. The molecule has 118 valence electrons. The molecule has 0 aromatic heterocycles. The first-order valence-electron chi connectivity index (χ1n) is 6.90. The van der Waals surface area contributed by atoms with Gasteiger partial charge in [-0.25, -0.2) is 0 Å². The van der Waals surface area contributed by atoms with Crippen LogP contribution in [0.4, 0.5) is 13.2 Å². The van der Waals surface area contributed by atoms with Gasteiger partial charge >= 0.3 is 6.18 Å². The number of carbonyl (C=O) groups excluding carboxylic acids is 1. The van der Waals surface area contributed by atoms with E-state index in [2.05, 4.69) is 17.2 Å². The highest BCUT2D eigenvalue weighted by Crippen LogP contribution is 2.12. The first-order chi connectivity index (χ1) is 11.0. The van der Waals surface area contributed by atoms with Crippen LogP contribution < -0.4 is 5.32 Å². The van der Waals surface area contributed by atoms with E-state index in [1.807, 2.05) is 0 Å². The van der Waals surface area contributed by atoms with Crippen LogP contribution in [-0.4, -0.2) is 19.0 Å². The van der Waals surface area contributed by atoms with E-state index in [0.717, 1.165) is 23.0 Å². The lowest BCUT2D eigenvalue weighted by Gasteiger charge is -2.08. The number of nitrogens with one attached hydrogen (secondary N) is 1. The van der Waals surface area contributed by atoms with Crippen LogP contribution in [0.3, 0.4) is 0 Å². The van der Waals surface area contributed by atoms with Crippen molar-refractivity contribution in [2.45, 2.75) is 12.7 Å². The van der Waals surface area contributed by atoms with Gasteiger partial charge in [0, 0.05) is 23.2 Å². The summed E-state index contributed by atoms with van der Waals surface area (Å²) in [6.45, 7) is -0.855. The Balaban J connectivity index is 1.94. The van der Waals surface area contributed by atoms with Crippen LogP contribution in [0.1, 0.15) is 27.0 Å². The molecule has 0 radical (unpaired) electrons. The molecule has 1 N–H and O–H groups in total. The summed E-state index contributed by atoms with van der Waals surface area (Å²) < 4.78 is 36.1. The SMILES string of the molecule is O=Cc1ccc(C#Cc2ccc(CNCC(F)(F)F)cc2)cc1. The standard InChI is InChI=1S/C18H14F3NO/c19-18(20,21)13-22-11-16-7-3-14(4-8-16)1-2-15-5-9-17(12-23)10-6-15/h3-10,12,22H,11,13H2. The molecule has 0 atom stereocenters. The van der Waals surface area contributed by atoms with Gasteiger partial charge < -0.3 is 5.32 Å². The summed E-state index contributed by atoms with van der Waals surface area (Å²) in [5, 5.41) is 2.34. The maximum absolute atomic E-state index is 12.0. The summed E-state index contributed by atoms with van der Waals surface area (Å²) in [6, 6.07) is 13.9. The van der Waals surface area contributed by atoms with Gasteiger partial charge in [0.2, 0.25) is 0 Å². The fourth-order valence-corrected chi connectivity index (χ4v) is 1.84. The van der Waals surface area contributed by atoms with Crippen LogP contribution in [0.15, 0.2) is 48.5 Å². The summed E-state index contributed by atoms with van der Waals surface area (Å²) in [5.41, 5.74) is 2.90. The summed E-state index contributed by atoms with van der Waals surface area (Å²) in [6.07, 6.45) is -3.44. The molecule has 0 fully saturated rings. The minimum absolute atomic E-state index is 0.153. The predicted molar refractivity (Wildman–Crippen MR) is 82.0 cm³/mol. The molecule has 0 aliphatic carbocycles. The van der Waals surface area contributed by atoms with Gasteiger partial charge in [-0.1, -0.05) is 36.1 Å². The van der Waals surface area contributed by atoms with Crippen molar-refractivity contribution in [3.05, 3.63) is 70.8 Å². The summed E-state index contributed by atoms with van der Waals surface area (Å²) >= 11 is 0. The molecule has 0 bridgehead atoms. The van der Waals surface area contributed by atoms with Gasteiger partial charge in [-0.2, -0.15) is 13.2 Å². The molecular formula is C18H14F3NO. The van der Waals surface area contributed by atoms with Crippen LogP contribution in [-0.2, 0) is 6.54 Å². The van der Waals surface area contributed by atoms with Gasteiger partial charge in [0.25, 0.3) is 0 Å². The molecule has 0 saturated carbocycles. The third-order valence-electron chi connectivity index (χ3n) is 3.01. The maximum atomic E-state index is 12.0. The van der Waals surface area contributed by atoms with Crippen LogP contribution in [0.2, 0.25) is 0 Å². The number of carbonyl (C=O) groups is 1. The second kappa shape index (κ2) is 7.61. The Bertz CT molecular complexity index is 707. The largest absolute Gasteiger partial charge is 0.401 e. The number of hydrogen-bond acceptors (Lipinski definition) is 2. The lowest BCUT2D eigenvalue weighted by Crippen LogP contribution is -2.28. The van der Waals surface area contributed by atoms with Gasteiger partial charge in [-0.05, 0) is 29.8 Å². The normalized spacial score (nSPS) is 10.7. The molecular weight excluding hydrogens is 303 g/mol. The summed E-state index contributed by atoms with van der Waals surface area (Å²) in [4.78, 5) is 10.6. The molecule has 23 heavy (non-hydrogen) atoms. The fraction of sp³-hybridized carbons (Fsp3) is 0.167. The highest BCUT2D eigenvalue weighted by atomic mass is 19.4. The topological polar surface area (TPSA) is 29.1 Å². The van der Waals surface area contributed by atoms with Gasteiger partial charge in [-0.15, -0.1) is 0 Å². The van der Waals surface area contributed by atoms with Gasteiger partial charge in [0.15, 0.2) is 0 Å². The van der Waals surface area contributed by atoms with Crippen LogP contribution in [0.5, 0.6) is 0 Å². The highest BCUT2D eigenvalue weighted by molar-refractivity contribution is 5.74. The third kappa shape index (κ3) is 5.97. The van der Waals surface area contributed by atoms with Crippen LogP contribution in [0.25, 0.3) is 0 Å². The fourth-order valence-electron chi connectivity index (χ4n) is 1.84. The van der Waals surface area contributed by atoms with E-state index in [1.54, 1.807) is 48.5 Å². The zero-order valence-electron chi connectivity index (χ0n) is 12.2. The van der Waals surface area contributed by atoms with Crippen molar-refractivity contribution in [1.29, 1.82) is 0 Å². The van der Waals surface area contributed by atoms with E-state index in [0.29, 0.717) is 5.56 Å². The zero-order valence-corrected chi connectivity index (χ0v) is 12.2. The van der Waals surface area contributed by atoms with Crippen molar-refractivity contribution in [2.75, 3.05) is 6.54 Å². The minimum atomic E-state index is -4.20. The van der Waals surface area contributed by atoms with E-state index >= 15 is 0 Å². The van der Waals surface area contributed by atoms with Gasteiger partial charge in [-0.3, -0.25) is 4.79 Å². The van der Waals surface area contributed by atoms with E-state index in [9.17, 15) is 18.0 Å². The Morgan fingerprint density at radius 2 is 1.43 bits per heavy atom. The van der Waals surface area contributed by atoms with Crippen molar-refractivity contribution in [3.8, 4) is 11.8 Å². The smallest absolute Gasteiger partial charge is 0.305 e. The quantitative estimate of drug-likeness (QED) is 0.690. The van der Waals surface area contributed by atoms with Crippen LogP contribution >= 0.6 is 0 Å². The van der Waals surface area contributed by atoms with Gasteiger partial charge in [0.05, 0.1) is 6.54 Å². The van der Waals surface area contributed by atoms with Crippen molar-refractivity contribution >= 4 is 6.29 Å². The Labute approximate surface area is 132 Å². The second-order valence-corrected chi connectivity index (χ2v) is 4.91. The van der Waals surface area contributed by atoms with Crippen molar-refractivity contribution in [2.24, 2.45) is 0 Å². The molecule has 2 aromatic rings.